The summed E-state index contributed by atoms with van der Waals surface area (Å²) < 4.78 is 25.5. The molecule has 0 saturated carbocycles. The smallest absolute Gasteiger partial charge is 0.179 e. The summed E-state index contributed by atoms with van der Waals surface area (Å²) in [5.74, 6) is 0.148. The van der Waals surface area contributed by atoms with E-state index in [0.717, 1.165) is 24.0 Å². The first-order valence-electron chi connectivity index (χ1n) is 7.17. The van der Waals surface area contributed by atoms with E-state index in [1.807, 2.05) is 6.07 Å². The summed E-state index contributed by atoms with van der Waals surface area (Å²) in [4.78, 5) is 2.59. The zero-order valence-electron chi connectivity index (χ0n) is 13.0. The van der Waals surface area contributed by atoms with Gasteiger partial charge in [0.05, 0.1) is 10.6 Å². The molecule has 1 saturated heterocycles. The number of nitrogens with two attached hydrogens (primary N) is 1. The summed E-state index contributed by atoms with van der Waals surface area (Å²) in [6.07, 6.45) is 0.921. The zero-order valence-corrected chi connectivity index (χ0v) is 16.2. The highest BCUT2D eigenvalue weighted by Gasteiger charge is 2.33. The maximum absolute atomic E-state index is 12.4. The standard InChI is InChI=1S/C15H23BrN2O2S.ClH/c1-15(2)11-18(7-6-14(15)17)8-9-21(19,20)13-5-3-4-12(16)10-13;/h3-5,10,14H,6-9,11,17H2,1-2H3;1H. The lowest BCUT2D eigenvalue weighted by molar-refractivity contribution is 0.101. The van der Waals surface area contributed by atoms with Gasteiger partial charge in [-0.25, -0.2) is 8.42 Å². The summed E-state index contributed by atoms with van der Waals surface area (Å²) >= 11 is 3.32. The van der Waals surface area contributed by atoms with Crippen molar-refractivity contribution in [1.29, 1.82) is 0 Å². The van der Waals surface area contributed by atoms with Crippen LogP contribution in [0, 0.1) is 5.41 Å². The van der Waals surface area contributed by atoms with Gasteiger partial charge in [-0.15, -0.1) is 12.4 Å². The fraction of sp³-hybridized carbons (Fsp3) is 0.600. The fourth-order valence-electron chi connectivity index (χ4n) is 2.70. The van der Waals surface area contributed by atoms with E-state index in [1.165, 1.54) is 0 Å². The van der Waals surface area contributed by atoms with Gasteiger partial charge in [0.1, 0.15) is 0 Å². The van der Waals surface area contributed by atoms with Crippen LogP contribution >= 0.6 is 28.3 Å². The van der Waals surface area contributed by atoms with Crippen molar-refractivity contribution < 1.29 is 8.42 Å². The van der Waals surface area contributed by atoms with E-state index in [0.29, 0.717) is 11.4 Å². The van der Waals surface area contributed by atoms with E-state index in [4.69, 9.17) is 5.73 Å². The highest BCUT2D eigenvalue weighted by atomic mass is 79.9. The molecule has 0 bridgehead atoms. The van der Waals surface area contributed by atoms with Crippen LogP contribution in [0.25, 0.3) is 0 Å². The van der Waals surface area contributed by atoms with Gasteiger partial charge in [-0.05, 0) is 36.6 Å². The lowest BCUT2D eigenvalue weighted by Gasteiger charge is -2.42. The van der Waals surface area contributed by atoms with E-state index >= 15 is 0 Å². The summed E-state index contributed by atoms with van der Waals surface area (Å²) in [6.45, 7) is 6.57. The van der Waals surface area contributed by atoms with Crippen LogP contribution in [0.2, 0.25) is 0 Å². The third-order valence-electron chi connectivity index (χ3n) is 4.22. The van der Waals surface area contributed by atoms with Crippen LogP contribution in [0.4, 0.5) is 0 Å². The molecular weight excluding hydrogens is 388 g/mol. The third-order valence-corrected chi connectivity index (χ3v) is 6.41. The number of benzene rings is 1. The molecule has 22 heavy (non-hydrogen) atoms. The summed E-state index contributed by atoms with van der Waals surface area (Å²) in [6, 6.07) is 7.07. The van der Waals surface area contributed by atoms with Crippen molar-refractivity contribution in [3.8, 4) is 0 Å². The van der Waals surface area contributed by atoms with Crippen molar-refractivity contribution in [3.63, 3.8) is 0 Å². The molecule has 1 aromatic carbocycles. The van der Waals surface area contributed by atoms with Crippen LogP contribution in [0.15, 0.2) is 33.6 Å². The molecule has 4 nitrogen and oxygen atoms in total. The maximum Gasteiger partial charge on any atom is 0.179 e. The maximum atomic E-state index is 12.4. The lowest BCUT2D eigenvalue weighted by Crippen LogP contribution is -2.53. The Morgan fingerprint density at radius 1 is 1.41 bits per heavy atom. The summed E-state index contributed by atoms with van der Waals surface area (Å²) in [5, 5.41) is 0. The van der Waals surface area contributed by atoms with Gasteiger partial charge in [-0.3, -0.25) is 0 Å². The molecule has 1 heterocycles. The number of hydrogen-bond acceptors (Lipinski definition) is 4. The topological polar surface area (TPSA) is 63.4 Å². The first-order valence-corrected chi connectivity index (χ1v) is 9.61. The molecule has 0 aromatic heterocycles. The van der Waals surface area contributed by atoms with Gasteiger partial charge in [0.2, 0.25) is 0 Å². The second-order valence-corrected chi connectivity index (χ2v) is 9.46. The van der Waals surface area contributed by atoms with Crippen molar-refractivity contribution >= 4 is 38.2 Å². The molecule has 7 heteroatoms. The van der Waals surface area contributed by atoms with Crippen LogP contribution in [-0.4, -0.2) is 44.7 Å². The molecule has 0 aliphatic carbocycles. The van der Waals surface area contributed by atoms with E-state index in [2.05, 4.69) is 34.7 Å². The second-order valence-electron chi connectivity index (χ2n) is 6.44. The van der Waals surface area contributed by atoms with Gasteiger partial charge in [0.15, 0.2) is 9.84 Å². The number of likely N-dealkylation sites (tertiary alicyclic amines) is 1. The minimum atomic E-state index is -3.24. The largest absolute Gasteiger partial charge is 0.327 e. The molecule has 0 amide bonds. The lowest BCUT2D eigenvalue weighted by atomic mass is 9.80. The normalized spacial score (nSPS) is 22.1. The average Bonchev–Trinajstić information content (AvgIpc) is 2.40. The average molecular weight is 412 g/mol. The first-order chi connectivity index (χ1) is 9.71. The number of halogens is 2. The van der Waals surface area contributed by atoms with Crippen molar-refractivity contribution in [2.45, 2.75) is 31.2 Å². The molecular formula is C15H24BrClN2O2S. The van der Waals surface area contributed by atoms with Crippen molar-refractivity contribution in [2.75, 3.05) is 25.4 Å². The zero-order chi connectivity index (χ0) is 15.7. The Hall–Kier alpha value is -0.140. The predicted molar refractivity (Wildman–Crippen MR) is 96.3 cm³/mol. The molecule has 1 aliphatic rings. The van der Waals surface area contributed by atoms with Gasteiger partial charge in [-0.2, -0.15) is 0 Å². The van der Waals surface area contributed by atoms with Gasteiger partial charge >= 0.3 is 0 Å². The van der Waals surface area contributed by atoms with Crippen LogP contribution in [0.3, 0.4) is 0 Å². The van der Waals surface area contributed by atoms with Crippen LogP contribution in [0.5, 0.6) is 0 Å². The Morgan fingerprint density at radius 3 is 2.68 bits per heavy atom. The SMILES string of the molecule is CC1(C)CN(CCS(=O)(=O)c2cccc(Br)c2)CCC1N.Cl. The molecule has 126 valence electrons. The van der Waals surface area contributed by atoms with Crippen LogP contribution in [-0.2, 0) is 9.84 Å². The Balaban J connectivity index is 0.00000242. The minimum absolute atomic E-state index is 0. The Kier molecular flexibility index (Phi) is 6.89. The Bertz CT molecular complexity index is 607. The first kappa shape index (κ1) is 19.9. The van der Waals surface area contributed by atoms with Gasteiger partial charge in [0.25, 0.3) is 0 Å². The van der Waals surface area contributed by atoms with E-state index in [9.17, 15) is 8.42 Å². The predicted octanol–water partition coefficient (Wildman–Crippen LogP) is 2.70. The molecule has 1 aliphatic heterocycles. The molecule has 1 fully saturated rings. The van der Waals surface area contributed by atoms with Gasteiger partial charge < -0.3 is 10.6 Å². The number of rotatable bonds is 4. The molecule has 1 unspecified atom stereocenters. The molecule has 2 N–H and O–H groups in total. The summed E-state index contributed by atoms with van der Waals surface area (Å²) in [7, 11) is -3.24. The van der Waals surface area contributed by atoms with Crippen molar-refractivity contribution in [2.24, 2.45) is 11.1 Å². The Labute approximate surface area is 147 Å². The number of piperidine rings is 1. The molecule has 2 rings (SSSR count). The van der Waals surface area contributed by atoms with Crippen LogP contribution in [0.1, 0.15) is 20.3 Å². The molecule has 0 spiro atoms. The van der Waals surface area contributed by atoms with E-state index in [1.54, 1.807) is 18.2 Å². The molecule has 0 radical (unpaired) electrons. The van der Waals surface area contributed by atoms with Crippen molar-refractivity contribution in [1.82, 2.24) is 4.90 Å². The number of nitrogens with zero attached hydrogens (tertiary/aromatic N) is 1. The monoisotopic (exact) mass is 410 g/mol. The second kappa shape index (κ2) is 7.62. The minimum Gasteiger partial charge on any atom is -0.327 e. The van der Waals surface area contributed by atoms with E-state index < -0.39 is 9.84 Å². The van der Waals surface area contributed by atoms with Gasteiger partial charge in [0, 0.05) is 23.6 Å². The van der Waals surface area contributed by atoms with Crippen LogP contribution < -0.4 is 5.73 Å². The highest BCUT2D eigenvalue weighted by Crippen LogP contribution is 2.27. The quantitative estimate of drug-likeness (QED) is 0.827. The third kappa shape index (κ3) is 4.93. The Morgan fingerprint density at radius 2 is 2.09 bits per heavy atom. The fourth-order valence-corrected chi connectivity index (χ4v) is 4.58. The molecule has 1 atom stereocenters. The van der Waals surface area contributed by atoms with Gasteiger partial charge in [-0.1, -0.05) is 35.8 Å². The number of sulfone groups is 1. The molecule has 1 aromatic rings. The summed E-state index contributed by atoms with van der Waals surface area (Å²) in [5.41, 5.74) is 6.15. The van der Waals surface area contributed by atoms with Crippen molar-refractivity contribution in [3.05, 3.63) is 28.7 Å². The number of hydrogen-bond donors (Lipinski definition) is 1. The van der Waals surface area contributed by atoms with E-state index in [-0.39, 0.29) is 29.6 Å². The highest BCUT2D eigenvalue weighted by molar-refractivity contribution is 9.10.